The molecule has 5 nitrogen and oxygen atoms in total. The number of aromatic nitrogens is 2. The number of aryl methyl sites for hydroxylation is 1. The minimum Gasteiger partial charge on any atom is -0.366 e. The zero-order chi connectivity index (χ0) is 17.1. The van der Waals surface area contributed by atoms with Crippen molar-refractivity contribution in [2.45, 2.75) is 26.2 Å². The Labute approximate surface area is 139 Å². The van der Waals surface area contributed by atoms with Crippen LogP contribution in [0.2, 0.25) is 0 Å². The number of carbonyl (C=O) groups is 1. The molecule has 2 heterocycles. The topological polar surface area (TPSA) is 66.1 Å². The summed E-state index contributed by atoms with van der Waals surface area (Å²) in [6.45, 7) is 2.99. The fourth-order valence-corrected chi connectivity index (χ4v) is 3.12. The summed E-state index contributed by atoms with van der Waals surface area (Å²) in [5, 5.41) is 0. The van der Waals surface area contributed by atoms with Gasteiger partial charge >= 0.3 is 0 Å². The van der Waals surface area contributed by atoms with Crippen molar-refractivity contribution in [1.82, 2.24) is 9.97 Å². The molecule has 2 aromatic rings. The highest BCUT2D eigenvalue weighted by Gasteiger charge is 2.26. The number of hydrogen-bond donors (Lipinski definition) is 1. The van der Waals surface area contributed by atoms with Gasteiger partial charge in [-0.25, -0.2) is 9.37 Å². The summed E-state index contributed by atoms with van der Waals surface area (Å²) in [5.41, 5.74) is 0.836. The monoisotopic (exact) mass is 329 g/mol. The molecule has 0 aliphatic carbocycles. The summed E-state index contributed by atoms with van der Waals surface area (Å²) in [4.78, 5) is 33.2. The van der Waals surface area contributed by atoms with Crippen LogP contribution in [0.25, 0.3) is 0 Å². The quantitative estimate of drug-likeness (QED) is 0.934. The van der Waals surface area contributed by atoms with Crippen LogP contribution in [-0.4, -0.2) is 28.8 Å². The van der Waals surface area contributed by atoms with Gasteiger partial charge in [0.2, 0.25) is 0 Å². The molecule has 0 spiro atoms. The van der Waals surface area contributed by atoms with Crippen LogP contribution in [0.5, 0.6) is 0 Å². The largest absolute Gasteiger partial charge is 0.366 e. The number of rotatable bonds is 4. The second-order valence-electron chi connectivity index (χ2n) is 6.18. The number of Topliss-reactive ketones (excluding diaryl/α,β-unsaturated/α-hetero) is 1. The van der Waals surface area contributed by atoms with E-state index in [0.717, 1.165) is 0 Å². The second kappa shape index (κ2) is 6.95. The smallest absolute Gasteiger partial charge is 0.274 e. The molecular weight excluding hydrogens is 309 g/mol. The van der Waals surface area contributed by atoms with E-state index in [-0.39, 0.29) is 29.5 Å². The van der Waals surface area contributed by atoms with Gasteiger partial charge in [-0.1, -0.05) is 18.2 Å². The van der Waals surface area contributed by atoms with Crippen molar-refractivity contribution < 1.29 is 9.18 Å². The van der Waals surface area contributed by atoms with Gasteiger partial charge in [0.25, 0.3) is 5.56 Å². The third kappa shape index (κ3) is 3.53. The molecule has 0 unspecified atom stereocenters. The van der Waals surface area contributed by atoms with Crippen LogP contribution in [-0.2, 0) is 11.2 Å². The van der Waals surface area contributed by atoms with Crippen molar-refractivity contribution in [2.75, 3.05) is 18.0 Å². The first kappa shape index (κ1) is 16.4. The van der Waals surface area contributed by atoms with E-state index in [9.17, 15) is 14.0 Å². The molecule has 0 bridgehead atoms. The molecule has 1 aromatic heterocycles. The van der Waals surface area contributed by atoms with Crippen LogP contribution in [0.3, 0.4) is 0 Å². The average Bonchev–Trinajstić information content (AvgIpc) is 2.57. The minimum atomic E-state index is -0.333. The lowest BCUT2D eigenvalue weighted by Crippen LogP contribution is -2.39. The molecule has 1 saturated heterocycles. The molecule has 0 saturated carbocycles. The Morgan fingerprint density at radius 1 is 1.33 bits per heavy atom. The molecule has 6 heteroatoms. The van der Waals surface area contributed by atoms with Crippen LogP contribution in [0.1, 0.15) is 24.2 Å². The van der Waals surface area contributed by atoms with Crippen molar-refractivity contribution >= 4 is 11.5 Å². The number of carbonyl (C=O) groups excluding carboxylic acids is 1. The number of halogens is 1. The first-order valence-electron chi connectivity index (χ1n) is 8.11. The lowest BCUT2D eigenvalue weighted by molar-refractivity contribution is -0.122. The Bertz CT molecular complexity index is 795. The summed E-state index contributed by atoms with van der Waals surface area (Å²) in [6, 6.07) is 6.39. The summed E-state index contributed by atoms with van der Waals surface area (Å²) in [7, 11) is 0. The average molecular weight is 329 g/mol. The summed E-state index contributed by atoms with van der Waals surface area (Å²) >= 11 is 0. The number of anilines is 1. The van der Waals surface area contributed by atoms with Crippen molar-refractivity contribution in [3.8, 4) is 0 Å². The van der Waals surface area contributed by atoms with Crippen LogP contribution < -0.4 is 10.5 Å². The van der Waals surface area contributed by atoms with E-state index in [1.165, 1.54) is 6.07 Å². The molecule has 1 aliphatic heterocycles. The molecule has 0 radical (unpaired) electrons. The van der Waals surface area contributed by atoms with E-state index in [0.29, 0.717) is 43.0 Å². The standard InChI is InChI=1S/C18H20FN3O2/c1-12-20-11-16(18(24)21-12)22-8-6-13(7-9-22)17(23)10-14-4-2-3-5-15(14)19/h2-5,11,13H,6-10H2,1H3,(H,20,21,24). The maximum atomic E-state index is 13.7. The molecule has 0 atom stereocenters. The highest BCUT2D eigenvalue weighted by molar-refractivity contribution is 5.83. The summed E-state index contributed by atoms with van der Waals surface area (Å²) in [5.74, 6) is 0.230. The Balaban J connectivity index is 1.61. The Hall–Kier alpha value is -2.50. The number of aromatic amines is 1. The van der Waals surface area contributed by atoms with Crippen molar-refractivity contribution in [3.63, 3.8) is 0 Å². The number of piperidine rings is 1. The number of hydrogen-bond acceptors (Lipinski definition) is 4. The molecule has 1 N–H and O–H groups in total. The van der Waals surface area contributed by atoms with Gasteiger partial charge < -0.3 is 9.88 Å². The third-order valence-electron chi connectivity index (χ3n) is 4.52. The van der Waals surface area contributed by atoms with E-state index in [4.69, 9.17) is 0 Å². The molecule has 1 fully saturated rings. The van der Waals surface area contributed by atoms with Crippen molar-refractivity contribution in [2.24, 2.45) is 5.92 Å². The predicted octanol–water partition coefficient (Wildman–Crippen LogP) is 2.25. The number of ketones is 1. The molecule has 0 amide bonds. The lowest BCUT2D eigenvalue weighted by atomic mass is 9.89. The van der Waals surface area contributed by atoms with Crippen LogP contribution in [0.15, 0.2) is 35.3 Å². The molecule has 24 heavy (non-hydrogen) atoms. The van der Waals surface area contributed by atoms with Gasteiger partial charge in [-0.2, -0.15) is 0 Å². The third-order valence-corrected chi connectivity index (χ3v) is 4.52. The van der Waals surface area contributed by atoms with E-state index in [1.54, 1.807) is 31.3 Å². The van der Waals surface area contributed by atoms with E-state index in [2.05, 4.69) is 9.97 Å². The van der Waals surface area contributed by atoms with Gasteiger partial charge in [-0.15, -0.1) is 0 Å². The normalized spacial score (nSPS) is 15.5. The van der Waals surface area contributed by atoms with Gasteiger partial charge in [0.1, 0.15) is 23.1 Å². The Morgan fingerprint density at radius 2 is 2.04 bits per heavy atom. The first-order valence-corrected chi connectivity index (χ1v) is 8.11. The molecule has 1 aromatic carbocycles. The van der Waals surface area contributed by atoms with Crippen LogP contribution in [0.4, 0.5) is 10.1 Å². The van der Waals surface area contributed by atoms with Gasteiger partial charge in [0, 0.05) is 25.4 Å². The Kier molecular flexibility index (Phi) is 4.74. The Morgan fingerprint density at radius 3 is 2.71 bits per heavy atom. The van der Waals surface area contributed by atoms with Crippen molar-refractivity contribution in [1.29, 1.82) is 0 Å². The SMILES string of the molecule is Cc1ncc(N2CCC(C(=O)Cc3ccccc3F)CC2)c(=O)[nH]1. The highest BCUT2D eigenvalue weighted by Crippen LogP contribution is 2.23. The molecule has 126 valence electrons. The van der Waals surface area contributed by atoms with E-state index in [1.807, 2.05) is 4.90 Å². The molecule has 3 rings (SSSR count). The maximum absolute atomic E-state index is 13.7. The fourth-order valence-electron chi connectivity index (χ4n) is 3.12. The zero-order valence-electron chi connectivity index (χ0n) is 13.6. The zero-order valence-corrected chi connectivity index (χ0v) is 13.6. The fraction of sp³-hybridized carbons (Fsp3) is 0.389. The first-order chi connectivity index (χ1) is 11.5. The summed E-state index contributed by atoms with van der Waals surface area (Å²) in [6.07, 6.45) is 3.04. The lowest BCUT2D eigenvalue weighted by Gasteiger charge is -2.32. The van der Waals surface area contributed by atoms with Gasteiger partial charge in [0.15, 0.2) is 0 Å². The van der Waals surface area contributed by atoms with Gasteiger partial charge in [0.05, 0.1) is 6.20 Å². The molecular formula is C18H20FN3O2. The van der Waals surface area contributed by atoms with Crippen LogP contribution >= 0.6 is 0 Å². The minimum absolute atomic E-state index is 0.0655. The highest BCUT2D eigenvalue weighted by atomic mass is 19.1. The number of benzene rings is 1. The number of H-pyrrole nitrogens is 1. The van der Waals surface area contributed by atoms with Crippen molar-refractivity contribution in [3.05, 3.63) is 58.0 Å². The maximum Gasteiger partial charge on any atom is 0.274 e. The summed E-state index contributed by atoms with van der Waals surface area (Å²) < 4.78 is 13.7. The van der Waals surface area contributed by atoms with E-state index < -0.39 is 0 Å². The predicted molar refractivity (Wildman–Crippen MR) is 89.6 cm³/mol. The number of nitrogens with zero attached hydrogens (tertiary/aromatic N) is 2. The van der Waals surface area contributed by atoms with Gasteiger partial charge in [-0.3, -0.25) is 9.59 Å². The molecule has 1 aliphatic rings. The van der Waals surface area contributed by atoms with Gasteiger partial charge in [-0.05, 0) is 31.4 Å². The number of nitrogens with one attached hydrogen (secondary N) is 1. The second-order valence-corrected chi connectivity index (χ2v) is 6.18. The van der Waals surface area contributed by atoms with E-state index >= 15 is 0 Å². The van der Waals surface area contributed by atoms with Crippen LogP contribution in [0, 0.1) is 18.7 Å².